The summed E-state index contributed by atoms with van der Waals surface area (Å²) in [6.07, 6.45) is 0. The molecule has 4 heteroatoms. The van der Waals surface area contributed by atoms with E-state index in [4.69, 9.17) is 5.73 Å². The highest BCUT2D eigenvalue weighted by Gasteiger charge is 2.31. The zero-order valence-corrected chi connectivity index (χ0v) is 12.7. The van der Waals surface area contributed by atoms with Crippen LogP contribution in [0.4, 0.5) is 4.39 Å². The summed E-state index contributed by atoms with van der Waals surface area (Å²) >= 11 is 1.98. The Morgan fingerprint density at radius 3 is 2.89 bits per heavy atom. The molecule has 1 aromatic rings. The molecule has 0 spiro atoms. The molecule has 1 aromatic carbocycles. The largest absolute Gasteiger partial charge is 0.329 e. The van der Waals surface area contributed by atoms with Gasteiger partial charge in [0.25, 0.3) is 0 Å². The van der Waals surface area contributed by atoms with Crippen molar-refractivity contribution in [2.24, 2.45) is 5.73 Å². The van der Waals surface area contributed by atoms with Crippen molar-refractivity contribution in [3.8, 4) is 0 Å². The molecule has 0 aromatic heterocycles. The Kier molecular flexibility index (Phi) is 4.87. The molecule has 2 nitrogen and oxygen atoms in total. The van der Waals surface area contributed by atoms with E-state index in [1.807, 2.05) is 30.8 Å². The molecule has 1 heterocycles. The molecular weight excluding hydrogens is 259 g/mol. The van der Waals surface area contributed by atoms with Gasteiger partial charge in [-0.1, -0.05) is 24.6 Å². The Bertz CT molecular complexity index is 438. The van der Waals surface area contributed by atoms with E-state index in [0.29, 0.717) is 17.8 Å². The highest BCUT2D eigenvalue weighted by atomic mass is 32.2. The maximum Gasteiger partial charge on any atom is 0.128 e. The quantitative estimate of drug-likeness (QED) is 0.924. The van der Waals surface area contributed by atoms with E-state index in [-0.39, 0.29) is 11.9 Å². The van der Waals surface area contributed by atoms with Crippen LogP contribution in [-0.2, 0) is 0 Å². The monoisotopic (exact) mass is 282 g/mol. The fourth-order valence-corrected chi connectivity index (χ4v) is 3.88. The fraction of sp³-hybridized carbons (Fsp3) is 0.600. The summed E-state index contributed by atoms with van der Waals surface area (Å²) in [5.74, 6) is 0.953. The minimum Gasteiger partial charge on any atom is -0.329 e. The van der Waals surface area contributed by atoms with Gasteiger partial charge in [-0.2, -0.15) is 11.8 Å². The summed E-state index contributed by atoms with van der Waals surface area (Å²) in [4.78, 5) is 2.36. The van der Waals surface area contributed by atoms with Crippen molar-refractivity contribution in [3.63, 3.8) is 0 Å². The molecule has 1 aliphatic rings. The van der Waals surface area contributed by atoms with Crippen LogP contribution in [0.2, 0.25) is 0 Å². The molecule has 0 aliphatic carbocycles. The Hall–Kier alpha value is -0.580. The van der Waals surface area contributed by atoms with Crippen LogP contribution in [0, 0.1) is 12.7 Å². The average molecular weight is 282 g/mol. The second-order valence-electron chi connectivity index (χ2n) is 5.33. The van der Waals surface area contributed by atoms with E-state index in [1.165, 1.54) is 0 Å². The Balaban J connectivity index is 2.30. The minimum absolute atomic E-state index is 0.0155. The molecule has 1 fully saturated rings. The van der Waals surface area contributed by atoms with E-state index in [0.717, 1.165) is 23.4 Å². The Morgan fingerprint density at radius 1 is 1.47 bits per heavy atom. The van der Waals surface area contributed by atoms with Gasteiger partial charge >= 0.3 is 0 Å². The first-order valence-corrected chi connectivity index (χ1v) is 7.93. The highest BCUT2D eigenvalue weighted by Crippen LogP contribution is 2.32. The van der Waals surface area contributed by atoms with Gasteiger partial charge in [0.05, 0.1) is 6.04 Å². The highest BCUT2D eigenvalue weighted by molar-refractivity contribution is 8.00. The van der Waals surface area contributed by atoms with Gasteiger partial charge < -0.3 is 5.73 Å². The van der Waals surface area contributed by atoms with Crippen molar-refractivity contribution in [3.05, 3.63) is 35.1 Å². The molecule has 2 rings (SSSR count). The van der Waals surface area contributed by atoms with Crippen molar-refractivity contribution in [2.75, 3.05) is 18.8 Å². The van der Waals surface area contributed by atoms with Crippen LogP contribution in [0.1, 0.15) is 31.0 Å². The molecule has 0 radical (unpaired) electrons. The zero-order chi connectivity index (χ0) is 14.0. The SMILES string of the molecule is Cc1ccc(F)c(C(CN)N2CCSC(C)C2C)c1. The maximum absolute atomic E-state index is 14.1. The van der Waals surface area contributed by atoms with Crippen LogP contribution < -0.4 is 5.73 Å². The van der Waals surface area contributed by atoms with Gasteiger partial charge in [-0.3, -0.25) is 4.90 Å². The van der Waals surface area contributed by atoms with Crippen molar-refractivity contribution in [2.45, 2.75) is 38.1 Å². The number of thioether (sulfide) groups is 1. The Labute approximate surface area is 119 Å². The third-order valence-electron chi connectivity index (χ3n) is 4.07. The lowest BCUT2D eigenvalue weighted by Gasteiger charge is -2.42. The average Bonchev–Trinajstić information content (AvgIpc) is 2.39. The third kappa shape index (κ3) is 3.12. The first-order chi connectivity index (χ1) is 9.04. The first-order valence-electron chi connectivity index (χ1n) is 6.88. The van der Waals surface area contributed by atoms with Crippen LogP contribution in [-0.4, -0.2) is 35.0 Å². The van der Waals surface area contributed by atoms with Crippen LogP contribution >= 0.6 is 11.8 Å². The van der Waals surface area contributed by atoms with Crippen LogP contribution in [0.25, 0.3) is 0 Å². The normalized spacial score (nSPS) is 26.4. The molecule has 0 amide bonds. The molecular formula is C15H23FN2S. The van der Waals surface area contributed by atoms with Gasteiger partial charge in [-0.25, -0.2) is 4.39 Å². The summed E-state index contributed by atoms with van der Waals surface area (Å²) in [6, 6.07) is 5.71. The predicted molar refractivity (Wildman–Crippen MR) is 81.0 cm³/mol. The fourth-order valence-electron chi connectivity index (χ4n) is 2.76. The van der Waals surface area contributed by atoms with E-state index in [9.17, 15) is 4.39 Å². The smallest absolute Gasteiger partial charge is 0.128 e. The third-order valence-corrected chi connectivity index (χ3v) is 5.40. The van der Waals surface area contributed by atoms with Crippen molar-refractivity contribution < 1.29 is 4.39 Å². The number of nitrogens with two attached hydrogens (primary N) is 1. The summed E-state index contributed by atoms with van der Waals surface area (Å²) in [5.41, 5.74) is 7.78. The number of halogens is 1. The number of aryl methyl sites for hydroxylation is 1. The van der Waals surface area contributed by atoms with Gasteiger partial charge in [0.2, 0.25) is 0 Å². The van der Waals surface area contributed by atoms with Crippen LogP contribution in [0.15, 0.2) is 18.2 Å². The number of hydrogen-bond donors (Lipinski definition) is 1. The summed E-state index contributed by atoms with van der Waals surface area (Å²) in [6.45, 7) is 7.89. The van der Waals surface area contributed by atoms with E-state index >= 15 is 0 Å². The topological polar surface area (TPSA) is 29.3 Å². The van der Waals surface area contributed by atoms with Gasteiger partial charge in [0.15, 0.2) is 0 Å². The van der Waals surface area contributed by atoms with E-state index in [2.05, 4.69) is 18.7 Å². The molecule has 3 atom stereocenters. The number of benzene rings is 1. The lowest BCUT2D eigenvalue weighted by Crippen LogP contribution is -2.48. The van der Waals surface area contributed by atoms with Crippen molar-refractivity contribution in [1.29, 1.82) is 0 Å². The maximum atomic E-state index is 14.1. The van der Waals surface area contributed by atoms with Gasteiger partial charge in [-0.15, -0.1) is 0 Å². The standard InChI is InChI=1S/C15H23FN2S/c1-10-4-5-14(16)13(8-10)15(9-17)18-6-7-19-12(3)11(18)2/h4-5,8,11-12,15H,6-7,9,17H2,1-3H3. The number of rotatable bonds is 3. The lowest BCUT2D eigenvalue weighted by molar-refractivity contribution is 0.148. The molecule has 1 aliphatic heterocycles. The summed E-state index contributed by atoms with van der Waals surface area (Å²) in [7, 11) is 0. The van der Waals surface area contributed by atoms with Crippen LogP contribution in [0.3, 0.4) is 0 Å². The molecule has 106 valence electrons. The minimum atomic E-state index is -0.140. The van der Waals surface area contributed by atoms with Crippen molar-refractivity contribution >= 4 is 11.8 Å². The van der Waals surface area contributed by atoms with Gasteiger partial charge in [-0.05, 0) is 19.9 Å². The van der Waals surface area contributed by atoms with Gasteiger partial charge in [0.1, 0.15) is 5.82 Å². The van der Waals surface area contributed by atoms with E-state index in [1.54, 1.807) is 6.07 Å². The molecule has 3 unspecified atom stereocenters. The molecule has 0 saturated carbocycles. The summed E-state index contributed by atoms with van der Waals surface area (Å²) in [5, 5.41) is 0.565. The molecule has 0 bridgehead atoms. The molecule has 1 saturated heterocycles. The number of nitrogens with zero attached hydrogens (tertiary/aromatic N) is 1. The predicted octanol–water partition coefficient (Wildman–Crippen LogP) is 2.96. The lowest BCUT2D eigenvalue weighted by atomic mass is 10.00. The molecule has 19 heavy (non-hydrogen) atoms. The molecule has 2 N–H and O–H groups in total. The number of hydrogen-bond acceptors (Lipinski definition) is 3. The second-order valence-corrected chi connectivity index (χ2v) is 6.82. The second kappa shape index (κ2) is 6.25. The van der Waals surface area contributed by atoms with E-state index < -0.39 is 0 Å². The zero-order valence-electron chi connectivity index (χ0n) is 11.9. The Morgan fingerprint density at radius 2 is 2.21 bits per heavy atom. The van der Waals surface area contributed by atoms with Crippen molar-refractivity contribution in [1.82, 2.24) is 4.90 Å². The van der Waals surface area contributed by atoms with Gasteiger partial charge in [0, 0.05) is 35.7 Å². The first kappa shape index (κ1) is 14.8. The van der Waals surface area contributed by atoms with Crippen LogP contribution in [0.5, 0.6) is 0 Å². The summed E-state index contributed by atoms with van der Waals surface area (Å²) < 4.78 is 14.1.